The second-order valence-corrected chi connectivity index (χ2v) is 11.2. The van der Waals surface area contributed by atoms with Gasteiger partial charge in [-0.25, -0.2) is 17.8 Å². The molecular formula is C22H16ClFN2O4S2. The van der Waals surface area contributed by atoms with E-state index in [0.717, 1.165) is 27.5 Å². The largest absolute Gasteiger partial charge is 0.298 e. The van der Waals surface area contributed by atoms with Gasteiger partial charge in [0.15, 0.2) is 15.6 Å². The van der Waals surface area contributed by atoms with Crippen LogP contribution in [-0.4, -0.2) is 29.5 Å². The number of sulfone groups is 1. The molecule has 0 aliphatic heterocycles. The fraction of sp³-hybridized carbons (Fsp3) is 0.136. The quantitative estimate of drug-likeness (QED) is 0.405. The lowest BCUT2D eigenvalue weighted by Crippen LogP contribution is -2.20. The monoisotopic (exact) mass is 490 g/mol. The van der Waals surface area contributed by atoms with Gasteiger partial charge in [0.1, 0.15) is 22.1 Å². The Balaban J connectivity index is 1.58. The van der Waals surface area contributed by atoms with E-state index in [2.05, 4.69) is 4.98 Å². The van der Waals surface area contributed by atoms with Gasteiger partial charge in [-0.2, -0.15) is 0 Å². The molecule has 0 amide bonds. The highest BCUT2D eigenvalue weighted by Gasteiger charge is 2.22. The van der Waals surface area contributed by atoms with Crippen molar-refractivity contribution in [3.8, 4) is 5.69 Å². The molecular weight excluding hydrogens is 475 g/mol. The minimum absolute atomic E-state index is 0.00999. The van der Waals surface area contributed by atoms with Gasteiger partial charge in [-0.15, -0.1) is 11.3 Å². The molecule has 0 aliphatic rings. The zero-order chi connectivity index (χ0) is 23.0. The topological polar surface area (TPSA) is 86.1 Å². The molecule has 164 valence electrons. The Bertz CT molecular complexity index is 1530. The number of aryl methyl sites for hydroxylation is 1. The molecule has 0 saturated carbocycles. The number of rotatable bonds is 6. The lowest BCUT2D eigenvalue weighted by atomic mass is 10.1. The van der Waals surface area contributed by atoms with Crippen molar-refractivity contribution in [2.24, 2.45) is 0 Å². The minimum Gasteiger partial charge on any atom is -0.298 e. The molecule has 2 aromatic heterocycles. The maximum Gasteiger partial charge on any atom is 0.265 e. The molecule has 4 aromatic rings. The van der Waals surface area contributed by atoms with Crippen LogP contribution < -0.4 is 5.56 Å². The number of thiophene rings is 1. The highest BCUT2D eigenvalue weighted by molar-refractivity contribution is 7.94. The van der Waals surface area contributed by atoms with E-state index in [1.165, 1.54) is 30.6 Å². The zero-order valence-corrected chi connectivity index (χ0v) is 19.1. The highest BCUT2D eigenvalue weighted by Crippen LogP contribution is 2.26. The first-order valence-electron chi connectivity index (χ1n) is 9.41. The summed E-state index contributed by atoms with van der Waals surface area (Å²) in [6.07, 6.45) is 0.988. The van der Waals surface area contributed by atoms with Gasteiger partial charge in [-0.3, -0.25) is 14.2 Å². The standard InChI is InChI=1S/C22H16ClFN2O4S2/c1-13-2-4-18-16(8-13)22(28)26(12-25-18)19-5-3-14(10-17(19)24)9-15(27)11-32(29,30)21-7-6-20(23)31-21/h2-8,10,12H,9,11H2,1H3. The molecule has 0 spiro atoms. The molecule has 0 atom stereocenters. The van der Waals surface area contributed by atoms with Crippen molar-refractivity contribution in [2.45, 2.75) is 17.6 Å². The number of hydrogen-bond acceptors (Lipinski definition) is 6. The molecule has 0 N–H and O–H groups in total. The predicted octanol–water partition coefficient (Wildman–Crippen LogP) is 4.13. The number of carbonyl (C=O) groups excluding carboxylic acids is 1. The second-order valence-electron chi connectivity index (χ2n) is 7.26. The molecule has 2 aromatic carbocycles. The molecule has 4 rings (SSSR count). The maximum absolute atomic E-state index is 14.8. The summed E-state index contributed by atoms with van der Waals surface area (Å²) in [5, 5.41) is 0.366. The van der Waals surface area contributed by atoms with Crippen molar-refractivity contribution < 1.29 is 17.6 Å². The number of ketones is 1. The summed E-state index contributed by atoms with van der Waals surface area (Å²) >= 11 is 6.64. The van der Waals surface area contributed by atoms with Crippen molar-refractivity contribution in [3.63, 3.8) is 0 Å². The number of hydrogen-bond donors (Lipinski definition) is 0. The molecule has 2 heterocycles. The van der Waals surface area contributed by atoms with E-state index in [4.69, 9.17) is 11.6 Å². The normalized spacial score (nSPS) is 11.7. The molecule has 10 heteroatoms. The van der Waals surface area contributed by atoms with Crippen LogP contribution in [0.2, 0.25) is 4.34 Å². The Morgan fingerprint density at radius 3 is 2.62 bits per heavy atom. The average Bonchev–Trinajstić information content (AvgIpc) is 3.16. The molecule has 6 nitrogen and oxygen atoms in total. The van der Waals surface area contributed by atoms with Gasteiger partial charge in [-0.05, 0) is 48.9 Å². The lowest BCUT2D eigenvalue weighted by Gasteiger charge is -2.10. The van der Waals surface area contributed by atoms with Crippen molar-refractivity contribution in [2.75, 3.05) is 5.75 Å². The molecule has 0 radical (unpaired) electrons. The van der Waals surface area contributed by atoms with Gasteiger partial charge in [-0.1, -0.05) is 29.3 Å². The molecule has 0 fully saturated rings. The van der Waals surface area contributed by atoms with Crippen LogP contribution in [0.4, 0.5) is 4.39 Å². The van der Waals surface area contributed by atoms with Crippen LogP contribution in [-0.2, 0) is 21.1 Å². The molecule has 0 saturated heterocycles. The third kappa shape index (κ3) is 4.50. The summed E-state index contributed by atoms with van der Waals surface area (Å²) in [6.45, 7) is 1.84. The van der Waals surface area contributed by atoms with Gasteiger partial charge >= 0.3 is 0 Å². The van der Waals surface area contributed by atoms with E-state index in [0.29, 0.717) is 20.8 Å². The Labute approximate surface area is 191 Å². The number of fused-ring (bicyclic) bond motifs is 1. The number of halogens is 2. The van der Waals surface area contributed by atoms with E-state index in [9.17, 15) is 22.4 Å². The van der Waals surface area contributed by atoms with Crippen LogP contribution in [0.3, 0.4) is 0 Å². The Kier molecular flexibility index (Phi) is 5.98. The predicted molar refractivity (Wildman–Crippen MR) is 122 cm³/mol. The van der Waals surface area contributed by atoms with Gasteiger partial charge in [0.2, 0.25) is 0 Å². The van der Waals surface area contributed by atoms with Crippen LogP contribution >= 0.6 is 22.9 Å². The third-order valence-electron chi connectivity index (χ3n) is 4.79. The van der Waals surface area contributed by atoms with E-state index in [-0.39, 0.29) is 16.3 Å². The summed E-state index contributed by atoms with van der Waals surface area (Å²) in [5.41, 5.74) is 1.26. The summed E-state index contributed by atoms with van der Waals surface area (Å²) in [4.78, 5) is 29.3. The average molecular weight is 491 g/mol. The fourth-order valence-corrected chi connectivity index (χ4v) is 6.10. The number of carbonyl (C=O) groups is 1. The molecule has 0 bridgehead atoms. The Morgan fingerprint density at radius 1 is 1.16 bits per heavy atom. The Hall–Kier alpha value is -2.88. The van der Waals surface area contributed by atoms with Gasteiger partial charge in [0, 0.05) is 6.42 Å². The SMILES string of the molecule is Cc1ccc2ncn(-c3ccc(CC(=O)CS(=O)(=O)c4ccc(Cl)s4)cc3F)c(=O)c2c1. The van der Waals surface area contributed by atoms with Crippen LogP contribution in [0.25, 0.3) is 16.6 Å². The third-order valence-corrected chi connectivity index (χ3v) is 8.28. The van der Waals surface area contributed by atoms with Crippen LogP contribution in [0, 0.1) is 12.7 Å². The summed E-state index contributed by atoms with van der Waals surface area (Å²) in [5.74, 6) is -2.01. The highest BCUT2D eigenvalue weighted by atomic mass is 35.5. The number of nitrogens with zero attached hydrogens (tertiary/aromatic N) is 2. The summed E-state index contributed by atoms with van der Waals surface area (Å²) in [6, 6.07) is 12.0. The van der Waals surface area contributed by atoms with Crippen LogP contribution in [0.1, 0.15) is 11.1 Å². The van der Waals surface area contributed by atoms with Crippen LogP contribution in [0.5, 0.6) is 0 Å². The zero-order valence-electron chi connectivity index (χ0n) is 16.7. The first-order chi connectivity index (χ1) is 15.1. The molecule has 32 heavy (non-hydrogen) atoms. The number of benzene rings is 2. The fourth-order valence-electron chi connectivity index (χ4n) is 3.29. The lowest BCUT2D eigenvalue weighted by molar-refractivity contribution is -0.116. The van der Waals surface area contributed by atoms with E-state index in [1.54, 1.807) is 12.1 Å². The van der Waals surface area contributed by atoms with Crippen molar-refractivity contribution in [3.05, 3.63) is 86.5 Å². The van der Waals surface area contributed by atoms with E-state index >= 15 is 0 Å². The van der Waals surface area contributed by atoms with Crippen molar-refractivity contribution in [1.82, 2.24) is 9.55 Å². The maximum atomic E-state index is 14.8. The number of Topliss-reactive ketones (excluding diaryl/α,β-unsaturated/α-hetero) is 1. The second kappa shape index (κ2) is 8.57. The van der Waals surface area contributed by atoms with Gasteiger partial charge < -0.3 is 0 Å². The van der Waals surface area contributed by atoms with Gasteiger partial charge in [0.05, 0.1) is 20.9 Å². The van der Waals surface area contributed by atoms with Gasteiger partial charge in [0.25, 0.3) is 5.56 Å². The number of aromatic nitrogens is 2. The van der Waals surface area contributed by atoms with Crippen molar-refractivity contribution >= 4 is 49.5 Å². The Morgan fingerprint density at radius 2 is 1.94 bits per heavy atom. The molecule has 0 aliphatic carbocycles. The molecule has 0 unspecified atom stereocenters. The summed E-state index contributed by atoms with van der Waals surface area (Å²) in [7, 11) is -3.81. The summed E-state index contributed by atoms with van der Waals surface area (Å²) < 4.78 is 40.9. The first kappa shape index (κ1) is 22.3. The van der Waals surface area contributed by atoms with Crippen LogP contribution in [0.15, 0.2) is 63.9 Å². The van der Waals surface area contributed by atoms with E-state index in [1.807, 2.05) is 13.0 Å². The minimum atomic E-state index is -3.81. The smallest absolute Gasteiger partial charge is 0.265 e. The van der Waals surface area contributed by atoms with E-state index < -0.39 is 32.7 Å². The first-order valence-corrected chi connectivity index (χ1v) is 12.3. The van der Waals surface area contributed by atoms with Crippen molar-refractivity contribution in [1.29, 1.82) is 0 Å².